The normalized spacial score (nSPS) is 11.0. The highest BCUT2D eigenvalue weighted by Crippen LogP contribution is 2.27. The standard InChI is InChI=1S/C16H16N2O7S/c1-25-14-7-5-12(6-8-14)17(10-9-16(19)20)26(23,24)15-4-2-3-13(11-15)18(21)22/h2-8,11H,9-10H2,1H3,(H,19,20). The number of carboxylic acid groups (broad SMARTS) is 1. The van der Waals surface area contributed by atoms with Crippen molar-refractivity contribution >= 4 is 27.4 Å². The molecule has 0 unspecified atom stereocenters. The average Bonchev–Trinajstić information content (AvgIpc) is 2.62. The van der Waals surface area contributed by atoms with E-state index in [4.69, 9.17) is 9.84 Å². The number of nitro groups is 1. The van der Waals surface area contributed by atoms with Crippen LogP contribution >= 0.6 is 0 Å². The third-order valence-electron chi connectivity index (χ3n) is 3.51. The predicted molar refractivity (Wildman–Crippen MR) is 92.9 cm³/mol. The van der Waals surface area contributed by atoms with Crippen molar-refractivity contribution < 1.29 is 28.0 Å². The predicted octanol–water partition coefficient (Wildman–Crippen LogP) is 2.27. The average molecular weight is 380 g/mol. The lowest BCUT2D eigenvalue weighted by atomic mass is 10.3. The number of ether oxygens (including phenoxy) is 1. The molecular formula is C16H16N2O7S. The molecule has 0 radical (unpaired) electrons. The zero-order valence-electron chi connectivity index (χ0n) is 13.7. The summed E-state index contributed by atoms with van der Waals surface area (Å²) in [6, 6.07) is 10.6. The third kappa shape index (κ3) is 4.28. The fraction of sp³-hybridized carbons (Fsp3) is 0.188. The van der Waals surface area contributed by atoms with Gasteiger partial charge in [0.25, 0.3) is 15.7 Å². The summed E-state index contributed by atoms with van der Waals surface area (Å²) >= 11 is 0. The van der Waals surface area contributed by atoms with Crippen LogP contribution in [-0.2, 0) is 14.8 Å². The molecule has 0 atom stereocenters. The van der Waals surface area contributed by atoms with Crippen LogP contribution < -0.4 is 9.04 Å². The van der Waals surface area contributed by atoms with Crippen LogP contribution in [0.25, 0.3) is 0 Å². The molecule has 10 heteroatoms. The van der Waals surface area contributed by atoms with Crippen molar-refractivity contribution in [1.29, 1.82) is 0 Å². The Morgan fingerprint density at radius 3 is 2.42 bits per heavy atom. The van der Waals surface area contributed by atoms with Gasteiger partial charge in [-0.25, -0.2) is 8.42 Å². The van der Waals surface area contributed by atoms with Crippen LogP contribution in [0.15, 0.2) is 53.4 Å². The van der Waals surface area contributed by atoms with Crippen LogP contribution in [0, 0.1) is 10.1 Å². The minimum absolute atomic E-state index is 0.221. The van der Waals surface area contributed by atoms with Gasteiger partial charge in [0.2, 0.25) is 0 Å². The number of aliphatic carboxylic acids is 1. The number of carbonyl (C=O) groups is 1. The first-order chi connectivity index (χ1) is 12.3. The first-order valence-electron chi connectivity index (χ1n) is 7.39. The first-order valence-corrected chi connectivity index (χ1v) is 8.83. The van der Waals surface area contributed by atoms with E-state index in [0.717, 1.165) is 10.4 Å². The van der Waals surface area contributed by atoms with Crippen molar-refractivity contribution in [2.45, 2.75) is 11.3 Å². The minimum Gasteiger partial charge on any atom is -0.497 e. The third-order valence-corrected chi connectivity index (χ3v) is 5.33. The molecule has 0 heterocycles. The molecule has 0 aliphatic carbocycles. The topological polar surface area (TPSA) is 127 Å². The van der Waals surface area contributed by atoms with Gasteiger partial charge in [0.15, 0.2) is 0 Å². The second-order valence-electron chi connectivity index (χ2n) is 5.17. The quantitative estimate of drug-likeness (QED) is 0.550. The van der Waals surface area contributed by atoms with Gasteiger partial charge in [-0.1, -0.05) is 6.07 Å². The lowest BCUT2D eigenvalue weighted by molar-refractivity contribution is -0.385. The molecule has 0 aromatic heterocycles. The van der Waals surface area contributed by atoms with E-state index in [9.17, 15) is 23.3 Å². The molecule has 0 bridgehead atoms. The van der Waals surface area contributed by atoms with Crippen molar-refractivity contribution in [2.24, 2.45) is 0 Å². The number of sulfonamides is 1. The van der Waals surface area contributed by atoms with Crippen LogP contribution in [0.3, 0.4) is 0 Å². The molecule has 0 aliphatic rings. The number of anilines is 1. The van der Waals surface area contributed by atoms with Crippen molar-refractivity contribution in [2.75, 3.05) is 18.0 Å². The maximum absolute atomic E-state index is 13.0. The number of rotatable bonds is 8. The SMILES string of the molecule is COc1ccc(N(CCC(=O)O)S(=O)(=O)c2cccc([N+](=O)[O-])c2)cc1. The van der Waals surface area contributed by atoms with Gasteiger partial charge in [0, 0.05) is 18.7 Å². The zero-order chi connectivity index (χ0) is 19.3. The van der Waals surface area contributed by atoms with Crippen LogP contribution in [0.4, 0.5) is 11.4 Å². The Bertz CT molecular complexity index is 910. The second-order valence-corrected chi connectivity index (χ2v) is 7.04. The van der Waals surface area contributed by atoms with Gasteiger partial charge >= 0.3 is 5.97 Å². The van der Waals surface area contributed by atoms with Crippen molar-refractivity contribution in [3.05, 3.63) is 58.6 Å². The van der Waals surface area contributed by atoms with E-state index in [1.54, 1.807) is 0 Å². The van der Waals surface area contributed by atoms with Crippen LogP contribution in [0.5, 0.6) is 5.75 Å². The zero-order valence-corrected chi connectivity index (χ0v) is 14.5. The Morgan fingerprint density at radius 1 is 1.23 bits per heavy atom. The minimum atomic E-state index is -4.20. The molecule has 0 fully saturated rings. The number of carboxylic acids is 1. The monoisotopic (exact) mass is 380 g/mol. The molecule has 26 heavy (non-hydrogen) atoms. The summed E-state index contributed by atoms with van der Waals surface area (Å²) in [6.07, 6.45) is -0.430. The largest absolute Gasteiger partial charge is 0.497 e. The van der Waals surface area contributed by atoms with E-state index in [1.165, 1.54) is 49.6 Å². The Hall–Kier alpha value is -3.14. The summed E-state index contributed by atoms with van der Waals surface area (Å²) in [5, 5.41) is 19.8. The Morgan fingerprint density at radius 2 is 1.88 bits per heavy atom. The second kappa shape index (κ2) is 7.83. The summed E-state index contributed by atoms with van der Waals surface area (Å²) in [5.74, 6) is -0.669. The van der Waals surface area contributed by atoms with E-state index in [0.29, 0.717) is 5.75 Å². The highest BCUT2D eigenvalue weighted by Gasteiger charge is 2.27. The summed E-state index contributed by atoms with van der Waals surface area (Å²) in [5.41, 5.74) is -0.155. The smallest absolute Gasteiger partial charge is 0.305 e. The van der Waals surface area contributed by atoms with Crippen molar-refractivity contribution in [3.8, 4) is 5.75 Å². The van der Waals surface area contributed by atoms with Crippen LogP contribution in [-0.4, -0.2) is 38.1 Å². The molecule has 2 aromatic rings. The van der Waals surface area contributed by atoms with E-state index >= 15 is 0 Å². The molecule has 0 aliphatic heterocycles. The Balaban J connectivity index is 2.49. The number of hydrogen-bond acceptors (Lipinski definition) is 6. The fourth-order valence-electron chi connectivity index (χ4n) is 2.22. The molecule has 2 rings (SSSR count). The number of benzene rings is 2. The first kappa shape index (κ1) is 19.2. The molecule has 0 amide bonds. The fourth-order valence-corrected chi connectivity index (χ4v) is 3.72. The lowest BCUT2D eigenvalue weighted by Gasteiger charge is -2.24. The summed E-state index contributed by atoms with van der Waals surface area (Å²) in [4.78, 5) is 20.8. The van der Waals surface area contributed by atoms with Gasteiger partial charge in [0.1, 0.15) is 5.75 Å². The van der Waals surface area contributed by atoms with Crippen LogP contribution in [0.1, 0.15) is 6.42 Å². The van der Waals surface area contributed by atoms with Gasteiger partial charge in [-0.05, 0) is 30.3 Å². The van der Waals surface area contributed by atoms with E-state index in [2.05, 4.69) is 0 Å². The number of non-ortho nitro benzene ring substituents is 1. The van der Waals surface area contributed by atoms with Gasteiger partial charge < -0.3 is 9.84 Å². The van der Waals surface area contributed by atoms with E-state index in [1.807, 2.05) is 0 Å². The molecule has 2 aromatic carbocycles. The Kier molecular flexibility index (Phi) is 5.78. The molecule has 138 valence electrons. The van der Waals surface area contributed by atoms with Gasteiger partial charge in [0.05, 0.1) is 29.0 Å². The molecular weight excluding hydrogens is 364 g/mol. The van der Waals surface area contributed by atoms with E-state index in [-0.39, 0.29) is 22.8 Å². The van der Waals surface area contributed by atoms with Gasteiger partial charge in [-0.2, -0.15) is 0 Å². The molecule has 9 nitrogen and oxygen atoms in total. The van der Waals surface area contributed by atoms with E-state index < -0.39 is 27.3 Å². The lowest BCUT2D eigenvalue weighted by Crippen LogP contribution is -2.33. The van der Waals surface area contributed by atoms with Crippen LogP contribution in [0.2, 0.25) is 0 Å². The molecule has 0 saturated carbocycles. The maximum Gasteiger partial charge on any atom is 0.305 e. The number of hydrogen-bond donors (Lipinski definition) is 1. The number of nitro benzene ring substituents is 1. The molecule has 1 N–H and O–H groups in total. The molecule has 0 saturated heterocycles. The Labute approximate surface area is 149 Å². The summed E-state index contributed by atoms with van der Waals surface area (Å²) in [7, 11) is -2.75. The van der Waals surface area contributed by atoms with Crippen molar-refractivity contribution in [1.82, 2.24) is 0 Å². The number of nitrogens with zero attached hydrogens (tertiary/aromatic N) is 2. The highest BCUT2D eigenvalue weighted by atomic mass is 32.2. The summed E-state index contributed by atoms with van der Waals surface area (Å²) < 4.78 is 31.8. The van der Waals surface area contributed by atoms with Gasteiger partial charge in [-0.15, -0.1) is 0 Å². The number of methoxy groups -OCH3 is 1. The summed E-state index contributed by atoms with van der Waals surface area (Å²) in [6.45, 7) is -0.327. The molecule has 0 spiro atoms. The van der Waals surface area contributed by atoms with Gasteiger partial charge in [-0.3, -0.25) is 19.2 Å². The van der Waals surface area contributed by atoms with Crippen molar-refractivity contribution in [3.63, 3.8) is 0 Å². The highest BCUT2D eigenvalue weighted by molar-refractivity contribution is 7.92. The maximum atomic E-state index is 13.0.